The monoisotopic (exact) mass is 329 g/mol. The van der Waals surface area contributed by atoms with E-state index in [1.165, 1.54) is 5.56 Å². The van der Waals surface area contributed by atoms with Crippen LogP contribution in [0.1, 0.15) is 39.3 Å². The molecule has 0 fully saturated rings. The Balaban J connectivity index is 2.33. The SMILES string of the molecule is CC(NCC(O)COC(C)(C)C)c1ccc(Br)cc1. The lowest BCUT2D eigenvalue weighted by molar-refractivity contribution is -0.0482. The zero-order valence-corrected chi connectivity index (χ0v) is 13.7. The molecule has 0 aliphatic rings. The van der Waals surface area contributed by atoms with E-state index in [0.717, 1.165) is 4.47 Å². The van der Waals surface area contributed by atoms with Gasteiger partial charge in [0, 0.05) is 17.1 Å². The number of halogens is 1. The van der Waals surface area contributed by atoms with Crippen LogP contribution < -0.4 is 5.32 Å². The summed E-state index contributed by atoms with van der Waals surface area (Å²) in [6.07, 6.45) is -0.489. The van der Waals surface area contributed by atoms with Crippen LogP contribution in [0.25, 0.3) is 0 Å². The van der Waals surface area contributed by atoms with Crippen LogP contribution in [0, 0.1) is 0 Å². The Bertz CT molecular complexity index is 373. The number of nitrogens with one attached hydrogen (secondary N) is 1. The van der Waals surface area contributed by atoms with Gasteiger partial charge >= 0.3 is 0 Å². The average Bonchev–Trinajstić information content (AvgIpc) is 2.33. The van der Waals surface area contributed by atoms with Crippen molar-refractivity contribution in [3.8, 4) is 0 Å². The van der Waals surface area contributed by atoms with Crippen molar-refractivity contribution >= 4 is 15.9 Å². The van der Waals surface area contributed by atoms with E-state index in [2.05, 4.69) is 40.3 Å². The van der Waals surface area contributed by atoms with Crippen LogP contribution in [0.3, 0.4) is 0 Å². The van der Waals surface area contributed by atoms with Gasteiger partial charge in [-0.15, -0.1) is 0 Å². The summed E-state index contributed by atoms with van der Waals surface area (Å²) in [5.74, 6) is 0. The minimum absolute atomic E-state index is 0.206. The second-order valence-corrected chi connectivity index (χ2v) is 6.67. The quantitative estimate of drug-likeness (QED) is 0.841. The maximum Gasteiger partial charge on any atom is 0.0898 e. The number of ether oxygens (including phenoxy) is 1. The summed E-state index contributed by atoms with van der Waals surface area (Å²) in [7, 11) is 0. The zero-order chi connectivity index (χ0) is 14.5. The summed E-state index contributed by atoms with van der Waals surface area (Å²) in [6, 6.07) is 8.39. The first-order chi connectivity index (χ1) is 8.78. The molecule has 2 unspecified atom stereocenters. The van der Waals surface area contributed by atoms with E-state index in [1.807, 2.05) is 32.9 Å². The van der Waals surface area contributed by atoms with Gasteiger partial charge < -0.3 is 15.2 Å². The smallest absolute Gasteiger partial charge is 0.0898 e. The Morgan fingerprint density at radius 1 is 1.26 bits per heavy atom. The molecule has 3 nitrogen and oxygen atoms in total. The second kappa shape index (κ2) is 7.39. The first-order valence-corrected chi connectivity index (χ1v) is 7.38. The van der Waals surface area contributed by atoms with Crippen molar-refractivity contribution in [1.82, 2.24) is 5.32 Å². The summed E-state index contributed by atoms with van der Waals surface area (Å²) in [5, 5.41) is 13.2. The van der Waals surface area contributed by atoms with Gasteiger partial charge in [-0.2, -0.15) is 0 Å². The van der Waals surface area contributed by atoms with Crippen molar-refractivity contribution in [2.24, 2.45) is 0 Å². The van der Waals surface area contributed by atoms with Crippen LogP contribution in [-0.2, 0) is 4.74 Å². The summed E-state index contributed by atoms with van der Waals surface area (Å²) in [5.41, 5.74) is 0.991. The van der Waals surface area contributed by atoms with Gasteiger partial charge in [-0.3, -0.25) is 0 Å². The van der Waals surface area contributed by atoms with E-state index < -0.39 is 6.10 Å². The number of rotatable bonds is 6. The van der Waals surface area contributed by atoms with Crippen LogP contribution in [0.2, 0.25) is 0 Å². The van der Waals surface area contributed by atoms with Gasteiger partial charge in [-0.1, -0.05) is 28.1 Å². The zero-order valence-electron chi connectivity index (χ0n) is 12.1. The number of benzene rings is 1. The summed E-state index contributed by atoms with van der Waals surface area (Å²) >= 11 is 3.42. The normalized spacial score (nSPS) is 15.3. The molecular weight excluding hydrogens is 306 g/mol. The molecular formula is C15H24BrNO2. The Hall–Kier alpha value is -0.420. The fourth-order valence-electron chi connectivity index (χ4n) is 1.59. The highest BCUT2D eigenvalue weighted by atomic mass is 79.9. The molecule has 0 saturated carbocycles. The van der Waals surface area contributed by atoms with Crippen LogP contribution in [0.15, 0.2) is 28.7 Å². The lowest BCUT2D eigenvalue weighted by Gasteiger charge is -2.23. The number of aliphatic hydroxyl groups is 1. The average molecular weight is 330 g/mol. The van der Waals surface area contributed by atoms with Crippen LogP contribution in [-0.4, -0.2) is 30.0 Å². The lowest BCUT2D eigenvalue weighted by atomic mass is 10.1. The van der Waals surface area contributed by atoms with Gasteiger partial charge in [0.15, 0.2) is 0 Å². The van der Waals surface area contributed by atoms with Gasteiger partial charge in [0.05, 0.1) is 18.3 Å². The third-order valence-electron chi connectivity index (χ3n) is 2.74. The molecule has 19 heavy (non-hydrogen) atoms. The number of hydrogen-bond acceptors (Lipinski definition) is 3. The molecule has 108 valence electrons. The van der Waals surface area contributed by atoms with E-state index in [9.17, 15) is 5.11 Å². The Kier molecular flexibility index (Phi) is 6.47. The van der Waals surface area contributed by atoms with Crippen molar-refractivity contribution in [2.45, 2.75) is 45.4 Å². The van der Waals surface area contributed by atoms with Crippen LogP contribution in [0.4, 0.5) is 0 Å². The Labute approximate surface area is 124 Å². The molecule has 4 heteroatoms. The fourth-order valence-corrected chi connectivity index (χ4v) is 1.85. The summed E-state index contributed by atoms with van der Waals surface area (Å²) in [4.78, 5) is 0. The molecule has 0 bridgehead atoms. The standard InChI is InChI=1S/C15H24BrNO2/c1-11(12-5-7-13(16)8-6-12)17-9-14(18)10-19-15(2,3)4/h5-8,11,14,17-18H,9-10H2,1-4H3. The molecule has 0 spiro atoms. The molecule has 0 heterocycles. The Morgan fingerprint density at radius 3 is 2.37 bits per heavy atom. The molecule has 0 aromatic heterocycles. The molecule has 1 aromatic carbocycles. The van der Waals surface area contributed by atoms with Crippen molar-refractivity contribution in [2.75, 3.05) is 13.2 Å². The third-order valence-corrected chi connectivity index (χ3v) is 3.27. The predicted octanol–water partition coefficient (Wildman–Crippen LogP) is 3.28. The van der Waals surface area contributed by atoms with Gasteiger partial charge in [0.2, 0.25) is 0 Å². The van der Waals surface area contributed by atoms with Gasteiger partial charge in [0.25, 0.3) is 0 Å². The van der Waals surface area contributed by atoms with E-state index in [1.54, 1.807) is 0 Å². The molecule has 0 aliphatic carbocycles. The van der Waals surface area contributed by atoms with Crippen molar-refractivity contribution in [3.63, 3.8) is 0 Å². The molecule has 1 rings (SSSR count). The van der Waals surface area contributed by atoms with Crippen LogP contribution >= 0.6 is 15.9 Å². The third kappa shape index (κ3) is 7.06. The lowest BCUT2D eigenvalue weighted by Crippen LogP contribution is -2.34. The first-order valence-electron chi connectivity index (χ1n) is 6.59. The topological polar surface area (TPSA) is 41.5 Å². The summed E-state index contributed by atoms with van der Waals surface area (Å²) < 4.78 is 6.62. The highest BCUT2D eigenvalue weighted by Gasteiger charge is 2.14. The molecule has 2 atom stereocenters. The number of hydrogen-bond donors (Lipinski definition) is 2. The molecule has 0 amide bonds. The highest BCUT2D eigenvalue weighted by molar-refractivity contribution is 9.10. The fraction of sp³-hybridized carbons (Fsp3) is 0.600. The van der Waals surface area contributed by atoms with E-state index in [4.69, 9.17) is 4.74 Å². The molecule has 1 aromatic rings. The van der Waals surface area contributed by atoms with Gasteiger partial charge in [0.1, 0.15) is 0 Å². The van der Waals surface area contributed by atoms with Crippen molar-refractivity contribution < 1.29 is 9.84 Å². The maximum absolute atomic E-state index is 9.86. The van der Waals surface area contributed by atoms with E-state index >= 15 is 0 Å². The Morgan fingerprint density at radius 2 is 1.84 bits per heavy atom. The maximum atomic E-state index is 9.86. The molecule has 2 N–H and O–H groups in total. The molecule has 0 aliphatic heterocycles. The molecule has 0 saturated heterocycles. The van der Waals surface area contributed by atoms with Crippen molar-refractivity contribution in [1.29, 1.82) is 0 Å². The number of aliphatic hydroxyl groups excluding tert-OH is 1. The largest absolute Gasteiger partial charge is 0.389 e. The van der Waals surface area contributed by atoms with Crippen LogP contribution in [0.5, 0.6) is 0 Å². The molecule has 0 radical (unpaired) electrons. The van der Waals surface area contributed by atoms with Gasteiger partial charge in [-0.05, 0) is 45.4 Å². The second-order valence-electron chi connectivity index (χ2n) is 5.76. The predicted molar refractivity (Wildman–Crippen MR) is 82.3 cm³/mol. The highest BCUT2D eigenvalue weighted by Crippen LogP contribution is 2.16. The first kappa shape index (κ1) is 16.6. The van der Waals surface area contributed by atoms with E-state index in [-0.39, 0.29) is 11.6 Å². The minimum Gasteiger partial charge on any atom is -0.389 e. The van der Waals surface area contributed by atoms with Gasteiger partial charge in [-0.25, -0.2) is 0 Å². The van der Waals surface area contributed by atoms with Crippen molar-refractivity contribution in [3.05, 3.63) is 34.3 Å². The minimum atomic E-state index is -0.489. The van der Waals surface area contributed by atoms with E-state index in [0.29, 0.717) is 13.2 Å². The summed E-state index contributed by atoms with van der Waals surface area (Å²) in [6.45, 7) is 8.91.